The van der Waals surface area contributed by atoms with E-state index in [1.807, 2.05) is 0 Å². The van der Waals surface area contributed by atoms with Crippen molar-refractivity contribution in [3.05, 3.63) is 86.5 Å². The van der Waals surface area contributed by atoms with Crippen LogP contribution >= 0.6 is 0 Å². The van der Waals surface area contributed by atoms with Gasteiger partial charge >= 0.3 is 17.9 Å². The molecule has 0 unspecified atom stereocenters. The van der Waals surface area contributed by atoms with E-state index in [1.165, 1.54) is 0 Å². The van der Waals surface area contributed by atoms with Crippen molar-refractivity contribution in [2.24, 2.45) is 0 Å². The third-order valence-corrected chi connectivity index (χ3v) is 11.2. The number of ether oxygens (including phenoxy) is 6. The minimum atomic E-state index is -0.734. The van der Waals surface area contributed by atoms with Crippen molar-refractivity contribution in [3.63, 3.8) is 0 Å². The van der Waals surface area contributed by atoms with Crippen LogP contribution in [0.2, 0.25) is 0 Å². The van der Waals surface area contributed by atoms with Crippen LogP contribution in [0.15, 0.2) is 36.4 Å². The highest BCUT2D eigenvalue weighted by atomic mass is 16.6. The lowest BCUT2D eigenvalue weighted by molar-refractivity contribution is -0.146. The minimum Gasteiger partial charge on any atom is -0.481 e. The largest absolute Gasteiger partial charge is 0.481 e. The average molecular weight is 887 g/mol. The van der Waals surface area contributed by atoms with Gasteiger partial charge in [-0.1, -0.05) is 161 Å². The summed E-state index contributed by atoms with van der Waals surface area (Å²) in [5.41, 5.74) is 5.74. The number of carbonyl (C=O) groups is 3. The SMILES string of the molecule is CCOC(=O)COc1c(C(c2cc(C(C)(C)C)cc(C(C)(C)C)c2OCC(=O)OCC)c2cc(C(C)(C)C)cc(C(C)(C)C)c2OCC(=O)OCC)cc(C(C)(C)C)cc1C(C)(C)C. The molecule has 0 saturated heterocycles. The van der Waals surface area contributed by atoms with Crippen molar-refractivity contribution in [3.8, 4) is 17.2 Å². The molecule has 0 aliphatic heterocycles. The summed E-state index contributed by atoms with van der Waals surface area (Å²) >= 11 is 0. The molecule has 9 heteroatoms. The van der Waals surface area contributed by atoms with Crippen LogP contribution < -0.4 is 14.2 Å². The summed E-state index contributed by atoms with van der Waals surface area (Å²) in [6.07, 6.45) is 0. The monoisotopic (exact) mass is 887 g/mol. The molecular weight excluding hydrogens is 805 g/mol. The van der Waals surface area contributed by atoms with Crippen molar-refractivity contribution >= 4 is 17.9 Å². The second-order valence-electron chi connectivity index (χ2n) is 23.0. The second-order valence-corrected chi connectivity index (χ2v) is 23.0. The topological polar surface area (TPSA) is 107 Å². The molecule has 0 radical (unpaired) electrons. The molecule has 64 heavy (non-hydrogen) atoms. The van der Waals surface area contributed by atoms with Gasteiger partial charge in [0.1, 0.15) is 17.2 Å². The molecule has 0 bridgehead atoms. The third kappa shape index (κ3) is 13.7. The van der Waals surface area contributed by atoms with E-state index in [0.29, 0.717) is 17.2 Å². The summed E-state index contributed by atoms with van der Waals surface area (Å²) in [4.78, 5) is 39.8. The molecule has 356 valence electrons. The molecule has 3 rings (SSSR count). The first-order chi connectivity index (χ1) is 29.2. The molecule has 0 fully saturated rings. The van der Waals surface area contributed by atoms with Gasteiger partial charge in [0.15, 0.2) is 19.8 Å². The van der Waals surface area contributed by atoms with E-state index in [0.717, 1.165) is 50.1 Å². The Morgan fingerprint density at radius 3 is 0.766 bits per heavy atom. The predicted octanol–water partition coefficient (Wildman–Crippen LogP) is 12.5. The van der Waals surface area contributed by atoms with E-state index < -0.39 is 40.1 Å². The van der Waals surface area contributed by atoms with Crippen LogP contribution in [-0.2, 0) is 61.1 Å². The summed E-state index contributed by atoms with van der Waals surface area (Å²) in [5, 5.41) is 0. The molecule has 0 heterocycles. The van der Waals surface area contributed by atoms with Gasteiger partial charge in [0, 0.05) is 39.3 Å². The first kappa shape index (κ1) is 53.8. The van der Waals surface area contributed by atoms with Gasteiger partial charge in [0.2, 0.25) is 0 Å². The van der Waals surface area contributed by atoms with E-state index in [-0.39, 0.29) is 55.9 Å². The summed E-state index contributed by atoms with van der Waals surface area (Å²) in [7, 11) is 0. The number of benzene rings is 3. The molecule has 0 amide bonds. The Bertz CT molecular complexity index is 1880. The maximum atomic E-state index is 13.3. The molecule has 0 spiro atoms. The number of esters is 3. The minimum absolute atomic E-state index is 0.208. The molecule has 0 aliphatic carbocycles. The highest BCUT2D eigenvalue weighted by molar-refractivity contribution is 5.74. The Labute approximate surface area is 386 Å². The molecule has 0 atom stereocenters. The van der Waals surface area contributed by atoms with Crippen LogP contribution in [0.4, 0.5) is 0 Å². The van der Waals surface area contributed by atoms with Gasteiger partial charge in [-0.2, -0.15) is 0 Å². The van der Waals surface area contributed by atoms with Crippen molar-refractivity contribution in [2.45, 2.75) is 184 Å². The molecule has 3 aromatic rings. The molecular formula is C55H82O9. The predicted molar refractivity (Wildman–Crippen MR) is 259 cm³/mol. The first-order valence-corrected chi connectivity index (χ1v) is 23.1. The normalized spacial score (nSPS) is 12.8. The van der Waals surface area contributed by atoms with Gasteiger partial charge in [-0.05, 0) is 70.0 Å². The number of hydrogen-bond acceptors (Lipinski definition) is 9. The van der Waals surface area contributed by atoms with Crippen molar-refractivity contribution in [2.75, 3.05) is 39.6 Å². The van der Waals surface area contributed by atoms with Crippen LogP contribution in [0.3, 0.4) is 0 Å². The molecule has 9 nitrogen and oxygen atoms in total. The maximum absolute atomic E-state index is 13.3. The Hall–Kier alpha value is -4.53. The standard InChI is InChI=1S/C55H82O9/c1-22-59-43(56)31-62-47-37(25-34(50(4,5)6)28-40(47)53(13,14)15)46(38-26-35(51(7,8)9)29-41(54(16,17)18)48(38)63-32-44(57)60-23-2)39-27-36(52(10,11)12)30-42(55(19,20)21)49(39)64-33-45(58)61-24-3/h25-30,46H,22-24,31-33H2,1-21H3. The lowest BCUT2D eigenvalue weighted by atomic mass is 9.70. The summed E-state index contributed by atoms with van der Waals surface area (Å²) in [6.45, 7) is 43.9. The quantitative estimate of drug-likeness (QED) is 0.0837. The summed E-state index contributed by atoms with van der Waals surface area (Å²) in [5.74, 6) is -0.611. The lowest BCUT2D eigenvalue weighted by Gasteiger charge is -2.36. The summed E-state index contributed by atoms with van der Waals surface area (Å²) in [6, 6.07) is 13.1. The van der Waals surface area contributed by atoms with Crippen LogP contribution in [-0.4, -0.2) is 57.5 Å². The number of carbonyl (C=O) groups excluding carboxylic acids is 3. The smallest absolute Gasteiger partial charge is 0.344 e. The van der Waals surface area contributed by atoms with Crippen molar-refractivity contribution in [1.29, 1.82) is 0 Å². The summed E-state index contributed by atoms with van der Waals surface area (Å²) < 4.78 is 36.8. The van der Waals surface area contributed by atoms with Gasteiger partial charge in [0.25, 0.3) is 0 Å². The fraction of sp³-hybridized carbons (Fsp3) is 0.618. The Kier molecular flexibility index (Phi) is 17.1. The van der Waals surface area contributed by atoms with Crippen LogP contribution in [0.1, 0.15) is 201 Å². The van der Waals surface area contributed by atoms with Gasteiger partial charge < -0.3 is 28.4 Å². The fourth-order valence-electron chi connectivity index (χ4n) is 7.55. The van der Waals surface area contributed by atoms with Crippen LogP contribution in [0.25, 0.3) is 0 Å². The first-order valence-electron chi connectivity index (χ1n) is 23.1. The zero-order valence-corrected chi connectivity index (χ0v) is 43.5. The molecule has 0 aromatic heterocycles. The van der Waals surface area contributed by atoms with Crippen LogP contribution in [0, 0.1) is 0 Å². The van der Waals surface area contributed by atoms with E-state index in [4.69, 9.17) is 28.4 Å². The van der Waals surface area contributed by atoms with E-state index in [1.54, 1.807) is 20.8 Å². The lowest BCUT2D eigenvalue weighted by Crippen LogP contribution is -2.26. The third-order valence-electron chi connectivity index (χ3n) is 11.2. The highest BCUT2D eigenvalue weighted by Gasteiger charge is 2.39. The Morgan fingerprint density at radius 2 is 0.594 bits per heavy atom. The molecule has 0 saturated carbocycles. The van der Waals surface area contributed by atoms with Crippen LogP contribution in [0.5, 0.6) is 17.2 Å². The number of hydrogen-bond donors (Lipinski definition) is 0. The molecule has 0 aliphatic rings. The Morgan fingerprint density at radius 1 is 0.375 bits per heavy atom. The van der Waals surface area contributed by atoms with Crippen molar-refractivity contribution < 1.29 is 42.8 Å². The van der Waals surface area contributed by atoms with E-state index in [2.05, 4.69) is 161 Å². The zero-order valence-electron chi connectivity index (χ0n) is 43.5. The molecule has 3 aromatic carbocycles. The van der Waals surface area contributed by atoms with E-state index in [9.17, 15) is 14.4 Å². The average Bonchev–Trinajstić information content (AvgIpc) is 3.13. The fourth-order valence-corrected chi connectivity index (χ4v) is 7.55. The molecule has 0 N–H and O–H groups in total. The van der Waals surface area contributed by atoms with Crippen molar-refractivity contribution in [1.82, 2.24) is 0 Å². The van der Waals surface area contributed by atoms with Gasteiger partial charge in [-0.15, -0.1) is 0 Å². The second kappa shape index (κ2) is 20.3. The van der Waals surface area contributed by atoms with Gasteiger partial charge in [0.05, 0.1) is 19.8 Å². The zero-order chi connectivity index (χ0) is 49.0. The van der Waals surface area contributed by atoms with Gasteiger partial charge in [-0.25, -0.2) is 14.4 Å². The Balaban J connectivity index is 2.99. The number of rotatable bonds is 15. The maximum Gasteiger partial charge on any atom is 0.344 e. The van der Waals surface area contributed by atoms with E-state index >= 15 is 0 Å². The van der Waals surface area contributed by atoms with Gasteiger partial charge in [-0.3, -0.25) is 0 Å². The highest BCUT2D eigenvalue weighted by Crippen LogP contribution is 2.53.